The Morgan fingerprint density at radius 3 is 1.52 bits per heavy atom. The highest BCUT2D eigenvalue weighted by atomic mass is 35.5. The minimum absolute atomic E-state index is 0.00454. The molecule has 0 bridgehead atoms. The van der Waals surface area contributed by atoms with Crippen molar-refractivity contribution >= 4 is 129 Å². The van der Waals surface area contributed by atoms with E-state index in [-0.39, 0.29) is 94.3 Å². The summed E-state index contributed by atoms with van der Waals surface area (Å²) < 4.78 is 0. The third kappa shape index (κ3) is 28.2. The van der Waals surface area contributed by atoms with E-state index in [1.54, 1.807) is 48.5 Å². The van der Waals surface area contributed by atoms with Gasteiger partial charge in [-0.05, 0) is 82.4 Å². The number of nitrogens with one attached hydrogen (secondary N) is 17. The molecule has 17 atom stereocenters. The molecular weight excluding hydrogens is 1290 g/mol. The van der Waals surface area contributed by atoms with E-state index in [0.717, 1.165) is 0 Å². The molecule has 0 saturated carbocycles. The number of para-hydroxylation sites is 1. The van der Waals surface area contributed by atoms with Crippen LogP contribution in [0.25, 0.3) is 0 Å². The Labute approximate surface area is 541 Å². The van der Waals surface area contributed by atoms with E-state index in [4.69, 9.17) is 11.6 Å². The van der Waals surface area contributed by atoms with Gasteiger partial charge in [0.15, 0.2) is 0 Å². The second-order valence-corrected chi connectivity index (χ2v) is 24.1. The molecule has 17 unspecified atom stereocenters. The average Bonchev–Trinajstić information content (AvgIpc) is 1.43. The zero-order valence-electron chi connectivity index (χ0n) is 50.8. The molecule has 36 heteroatoms. The van der Waals surface area contributed by atoms with E-state index in [2.05, 4.69) is 136 Å². The van der Waals surface area contributed by atoms with Gasteiger partial charge in [0, 0.05) is 45.7 Å². The molecule has 1 aliphatic rings. The molecule has 0 aliphatic carbocycles. The fourth-order valence-electron chi connectivity index (χ4n) is 9.06. The highest BCUT2D eigenvalue weighted by Gasteiger charge is 2.38. The lowest BCUT2D eigenvalue weighted by Gasteiger charge is -2.29. The van der Waals surface area contributed by atoms with Crippen LogP contribution in [0.15, 0.2) is 54.6 Å². The first-order chi connectivity index (χ1) is 42.9. The van der Waals surface area contributed by atoms with Gasteiger partial charge in [0.2, 0.25) is 59.1 Å². The van der Waals surface area contributed by atoms with Crippen LogP contribution in [0.3, 0.4) is 0 Å². The van der Waals surface area contributed by atoms with Gasteiger partial charge in [-0.3, -0.25) is 47.9 Å². The lowest BCUT2D eigenvalue weighted by Crippen LogP contribution is -2.62. The number of amides is 12. The Bertz CT molecular complexity index is 2680. The first-order valence-corrected chi connectivity index (χ1v) is 32.5. The summed E-state index contributed by atoms with van der Waals surface area (Å²) in [5, 5.41) is 67.5. The number of hydrogen-bond donors (Lipinski definition) is 19. The predicted molar refractivity (Wildman–Crippen MR) is 357 cm³/mol. The molecule has 1 saturated heterocycles. The molecular formula is C54H91ClN17O13P5. The van der Waals surface area contributed by atoms with Crippen molar-refractivity contribution < 1.29 is 63.0 Å². The van der Waals surface area contributed by atoms with Crippen LogP contribution in [-0.2, 0) is 54.4 Å². The van der Waals surface area contributed by atoms with Crippen molar-refractivity contribution in [1.82, 2.24) is 83.9 Å². The Morgan fingerprint density at radius 1 is 0.544 bits per heavy atom. The van der Waals surface area contributed by atoms with Crippen LogP contribution >= 0.6 is 58.6 Å². The van der Waals surface area contributed by atoms with Crippen LogP contribution in [-0.4, -0.2) is 187 Å². The maximum Gasteiger partial charge on any atom is 0.319 e. The van der Waals surface area contributed by atoms with Crippen molar-refractivity contribution in [3.05, 3.63) is 65.2 Å². The number of carbonyl (C=O) groups excluding carboxylic acids is 11. The van der Waals surface area contributed by atoms with Gasteiger partial charge in [-0.15, -0.1) is 0 Å². The summed E-state index contributed by atoms with van der Waals surface area (Å²) in [5.41, 5.74) is 0.849. The molecule has 1 aliphatic heterocycles. The summed E-state index contributed by atoms with van der Waals surface area (Å²) in [6.45, 7) is 6.25. The highest BCUT2D eigenvalue weighted by molar-refractivity contribution is 7.14. The zero-order chi connectivity index (χ0) is 66.9. The second-order valence-electron chi connectivity index (χ2n) is 21.6. The minimum Gasteiger partial charge on any atom is -0.391 e. The summed E-state index contributed by atoms with van der Waals surface area (Å²) in [6.07, 6.45) is -3.96. The molecule has 3 rings (SSSR count). The van der Waals surface area contributed by atoms with Crippen molar-refractivity contribution in [2.45, 2.75) is 152 Å². The first kappa shape index (κ1) is 78.8. The lowest BCUT2D eigenvalue weighted by atomic mass is 10.00. The topological polar surface area (TPSA) is 433 Å². The largest absolute Gasteiger partial charge is 0.391 e. The summed E-state index contributed by atoms with van der Waals surface area (Å²) >= 11 is 6.21. The van der Waals surface area contributed by atoms with Gasteiger partial charge in [-0.1, -0.05) is 115 Å². The molecule has 0 radical (unpaired) electrons. The van der Waals surface area contributed by atoms with Gasteiger partial charge in [0.25, 0.3) is 0 Å². The standard InChI is InChI=1S/C54H91ClN17O13P5/c1-28(2)26-40-50(81)65-35(15-21-57-86)45(76)64-38(18-24-60-89)48(79)71-42(29(3)73)52(83)56-20-14-34(44(75)63-36(16-22-58-87)47(78)68-41(51(82)67-40)27-31-10-6-5-7-11-31)62-46(77)37(17-23-59-88)66-53(84)43(30(4)74)72-49(80)39(19-25-61-90)70-54(85)69-33-13-9-8-12-32(33)55/h5-13,28-30,34-43,57-61,73-74H,14-27,86-90H2,1-4H3,(H,56,83)(H,62,77)(H,63,75)(H,64,76)(H,65,81)(H,66,84)(H,67,82)(H,68,78)(H,71,79)(H,72,80)(H2,69,70,85). The number of rotatable bonds is 29. The van der Waals surface area contributed by atoms with Crippen LogP contribution in [0, 0.1) is 5.92 Å². The maximum absolute atomic E-state index is 14.8. The van der Waals surface area contributed by atoms with E-state index in [1.165, 1.54) is 19.9 Å². The van der Waals surface area contributed by atoms with Crippen molar-refractivity contribution in [1.29, 1.82) is 0 Å². The normalized spacial score (nSPS) is 21.8. The molecule has 2 aromatic rings. The fourth-order valence-corrected chi connectivity index (χ4v) is 10.1. The quantitative estimate of drug-likeness (QED) is 0.0353. The van der Waals surface area contributed by atoms with E-state index in [9.17, 15) is 63.0 Å². The smallest absolute Gasteiger partial charge is 0.319 e. The SMILES string of the molecule is CC(C)CC1NC(=O)C(Cc2ccccc2)NC(=O)C(CCNP)NC(=O)C(NC(=O)C(CCNP)NC(=O)C(NC(=O)C(CCNP)NC(=O)Nc2ccccc2Cl)C(C)O)CCNC(=O)C(C(C)O)NC(=O)C(CCNP)NC(=O)C(CCNP)NC1=O. The van der Waals surface area contributed by atoms with E-state index in [1.807, 2.05) is 13.8 Å². The monoisotopic (exact) mass is 1380 g/mol. The summed E-state index contributed by atoms with van der Waals surface area (Å²) in [4.78, 5) is 156. The number of aliphatic hydroxyl groups excluding tert-OH is 2. The molecule has 30 nitrogen and oxygen atoms in total. The van der Waals surface area contributed by atoms with Gasteiger partial charge in [0.1, 0.15) is 60.4 Å². The van der Waals surface area contributed by atoms with E-state index >= 15 is 0 Å². The Kier molecular flexibility index (Phi) is 37.4. The number of halogens is 1. The van der Waals surface area contributed by atoms with Gasteiger partial charge in [-0.25, -0.2) is 4.79 Å². The van der Waals surface area contributed by atoms with Crippen LogP contribution in [0.1, 0.15) is 78.2 Å². The Balaban J connectivity index is 2.14. The third-order valence-corrected chi connectivity index (χ3v) is 15.7. The summed E-state index contributed by atoms with van der Waals surface area (Å²) in [5.74, 6) is -9.21. The molecule has 90 heavy (non-hydrogen) atoms. The van der Waals surface area contributed by atoms with Crippen LogP contribution in [0.5, 0.6) is 0 Å². The molecule has 0 aromatic heterocycles. The summed E-state index contributed by atoms with van der Waals surface area (Å²) in [7, 11) is 11.3. The van der Waals surface area contributed by atoms with Crippen LogP contribution in [0.4, 0.5) is 10.5 Å². The Hall–Kier alpha value is -5.43. The predicted octanol–water partition coefficient (Wildman–Crippen LogP) is -3.39. The molecule has 1 fully saturated rings. The minimum atomic E-state index is -1.73. The molecule has 502 valence electrons. The second kappa shape index (κ2) is 42.7. The average molecular weight is 1380 g/mol. The number of anilines is 1. The molecule has 1 heterocycles. The van der Waals surface area contributed by atoms with Crippen molar-refractivity contribution in [3.8, 4) is 0 Å². The molecule has 2 aromatic carbocycles. The summed E-state index contributed by atoms with van der Waals surface area (Å²) in [6, 6.07) is -0.416. The van der Waals surface area contributed by atoms with Crippen LogP contribution < -0.4 is 89.2 Å². The number of hydrogen-bond acceptors (Lipinski definition) is 18. The van der Waals surface area contributed by atoms with Gasteiger partial charge in [-0.2, -0.15) is 0 Å². The molecule has 12 amide bonds. The third-order valence-electron chi connectivity index (χ3n) is 13.9. The van der Waals surface area contributed by atoms with Crippen LogP contribution in [0.2, 0.25) is 5.02 Å². The molecule has 19 N–H and O–H groups in total. The highest BCUT2D eigenvalue weighted by Crippen LogP contribution is 2.20. The van der Waals surface area contributed by atoms with Crippen molar-refractivity contribution in [2.75, 3.05) is 44.6 Å². The number of urea groups is 1. The zero-order valence-corrected chi connectivity index (χ0v) is 57.3. The maximum atomic E-state index is 14.8. The molecule has 0 spiro atoms. The first-order valence-electron chi connectivity index (χ1n) is 29.3. The lowest BCUT2D eigenvalue weighted by molar-refractivity contribution is -0.136. The fraction of sp³-hybridized carbons (Fsp3) is 0.574. The van der Waals surface area contributed by atoms with Crippen molar-refractivity contribution in [2.24, 2.45) is 5.92 Å². The van der Waals surface area contributed by atoms with Gasteiger partial charge >= 0.3 is 6.03 Å². The van der Waals surface area contributed by atoms with Crippen molar-refractivity contribution in [3.63, 3.8) is 0 Å². The number of aliphatic hydroxyl groups is 2. The van der Waals surface area contributed by atoms with E-state index < -0.39 is 151 Å². The Morgan fingerprint density at radius 2 is 1.01 bits per heavy atom. The number of carbonyl (C=O) groups is 11. The van der Waals surface area contributed by atoms with Gasteiger partial charge < -0.3 is 99.5 Å². The van der Waals surface area contributed by atoms with Gasteiger partial charge in [0.05, 0.1) is 22.9 Å². The van der Waals surface area contributed by atoms with E-state index in [0.29, 0.717) is 5.56 Å². The number of benzene rings is 2.